The Labute approximate surface area is 118 Å². The van der Waals surface area contributed by atoms with Crippen LogP contribution in [0, 0.1) is 0 Å². The summed E-state index contributed by atoms with van der Waals surface area (Å²) in [7, 11) is 0. The van der Waals surface area contributed by atoms with Crippen LogP contribution in [0.1, 0.15) is 24.2 Å². The van der Waals surface area contributed by atoms with E-state index in [2.05, 4.69) is 11.0 Å². The number of para-hydroxylation sites is 1. The molecule has 0 saturated carbocycles. The summed E-state index contributed by atoms with van der Waals surface area (Å²) in [5.74, 6) is 1.02. The Kier molecular flexibility index (Phi) is 3.02. The molecule has 1 aromatic heterocycles. The highest BCUT2D eigenvalue weighted by atomic mass is 16.5. The number of ether oxygens (including phenoxy) is 1. The molecule has 0 radical (unpaired) electrons. The number of likely N-dealkylation sites (tertiary alicyclic amines) is 1. The van der Waals surface area contributed by atoms with E-state index in [1.165, 1.54) is 12.8 Å². The van der Waals surface area contributed by atoms with Crippen LogP contribution in [0.5, 0.6) is 0 Å². The largest absolute Gasteiger partial charge is 0.459 e. The summed E-state index contributed by atoms with van der Waals surface area (Å²) in [6.07, 6.45) is 3.23. The molecule has 2 unspecified atom stereocenters. The van der Waals surface area contributed by atoms with Crippen molar-refractivity contribution >= 4 is 11.0 Å². The predicted octanol–water partition coefficient (Wildman–Crippen LogP) is 2.25. The lowest BCUT2D eigenvalue weighted by Gasteiger charge is -2.31. The van der Waals surface area contributed by atoms with Gasteiger partial charge in [0.05, 0.1) is 18.8 Å². The van der Waals surface area contributed by atoms with Gasteiger partial charge >= 0.3 is 0 Å². The number of morpholine rings is 1. The van der Waals surface area contributed by atoms with Crippen molar-refractivity contribution in [3.05, 3.63) is 35.6 Å². The monoisotopic (exact) mass is 272 g/mol. The van der Waals surface area contributed by atoms with Gasteiger partial charge in [0.25, 0.3) is 0 Å². The van der Waals surface area contributed by atoms with E-state index in [9.17, 15) is 0 Å². The normalized spacial score (nSPS) is 26.4. The van der Waals surface area contributed by atoms with Crippen LogP contribution in [-0.2, 0) is 17.8 Å². The molecule has 2 N–H and O–H groups in total. The fraction of sp³-hybridized carbons (Fsp3) is 0.500. The average molecular weight is 272 g/mol. The minimum absolute atomic E-state index is 0.416. The van der Waals surface area contributed by atoms with Crippen LogP contribution in [0.15, 0.2) is 28.7 Å². The molecule has 3 heterocycles. The van der Waals surface area contributed by atoms with Crippen molar-refractivity contribution in [3.8, 4) is 0 Å². The number of hydrogen-bond donors (Lipinski definition) is 1. The number of nitrogens with two attached hydrogens (primary N) is 1. The van der Waals surface area contributed by atoms with Gasteiger partial charge in [0.2, 0.25) is 0 Å². The molecule has 20 heavy (non-hydrogen) atoms. The molecule has 2 bridgehead atoms. The maximum atomic E-state index is 6.02. The third-order valence-electron chi connectivity index (χ3n) is 4.47. The highest BCUT2D eigenvalue weighted by Crippen LogP contribution is 2.30. The molecular weight excluding hydrogens is 252 g/mol. The van der Waals surface area contributed by atoms with Gasteiger partial charge in [-0.3, -0.25) is 4.90 Å². The zero-order valence-corrected chi connectivity index (χ0v) is 11.5. The molecule has 2 saturated heterocycles. The molecule has 4 nitrogen and oxygen atoms in total. The van der Waals surface area contributed by atoms with Gasteiger partial charge in [-0.15, -0.1) is 0 Å². The van der Waals surface area contributed by atoms with Crippen molar-refractivity contribution in [2.24, 2.45) is 5.73 Å². The maximum Gasteiger partial charge on any atom is 0.134 e. The Morgan fingerprint density at radius 1 is 1.15 bits per heavy atom. The summed E-state index contributed by atoms with van der Waals surface area (Å²) in [4.78, 5) is 2.45. The van der Waals surface area contributed by atoms with E-state index in [0.717, 1.165) is 41.9 Å². The van der Waals surface area contributed by atoms with Gasteiger partial charge < -0.3 is 14.9 Å². The number of furan rings is 1. The van der Waals surface area contributed by atoms with Crippen LogP contribution < -0.4 is 5.73 Å². The Bertz CT molecular complexity index is 610. The summed E-state index contributed by atoms with van der Waals surface area (Å²) in [5.41, 5.74) is 8.03. The molecule has 0 amide bonds. The van der Waals surface area contributed by atoms with Gasteiger partial charge in [-0.05, 0) is 18.9 Å². The van der Waals surface area contributed by atoms with Crippen LogP contribution in [0.3, 0.4) is 0 Å². The third kappa shape index (κ3) is 2.04. The smallest absolute Gasteiger partial charge is 0.134 e. The lowest BCUT2D eigenvalue weighted by molar-refractivity contribution is -0.0426. The topological polar surface area (TPSA) is 51.6 Å². The lowest BCUT2D eigenvalue weighted by Crippen LogP contribution is -2.42. The fourth-order valence-electron chi connectivity index (χ4n) is 3.53. The summed E-state index contributed by atoms with van der Waals surface area (Å²) in [5, 5.41) is 1.15. The van der Waals surface area contributed by atoms with Crippen LogP contribution >= 0.6 is 0 Å². The van der Waals surface area contributed by atoms with Gasteiger partial charge in [-0.25, -0.2) is 0 Å². The molecule has 1 aromatic carbocycles. The maximum absolute atomic E-state index is 6.02. The average Bonchev–Trinajstić information content (AvgIpc) is 2.98. The fourth-order valence-corrected chi connectivity index (χ4v) is 3.53. The van der Waals surface area contributed by atoms with E-state index < -0.39 is 0 Å². The summed E-state index contributed by atoms with van der Waals surface area (Å²) in [6, 6.07) is 8.15. The summed E-state index contributed by atoms with van der Waals surface area (Å²) < 4.78 is 11.9. The van der Waals surface area contributed by atoms with Crippen molar-refractivity contribution in [1.29, 1.82) is 0 Å². The molecule has 106 valence electrons. The minimum atomic E-state index is 0.416. The van der Waals surface area contributed by atoms with E-state index >= 15 is 0 Å². The highest BCUT2D eigenvalue weighted by molar-refractivity contribution is 5.82. The van der Waals surface area contributed by atoms with Crippen molar-refractivity contribution in [2.75, 3.05) is 13.1 Å². The number of hydrogen-bond acceptors (Lipinski definition) is 4. The molecule has 2 aliphatic rings. The van der Waals surface area contributed by atoms with Gasteiger partial charge in [-0.1, -0.05) is 18.2 Å². The second-order valence-corrected chi connectivity index (χ2v) is 5.86. The Morgan fingerprint density at radius 2 is 1.90 bits per heavy atom. The SMILES string of the molecule is NCc1c(CN2CC3CCC(C2)O3)oc2ccccc12. The van der Waals surface area contributed by atoms with E-state index in [1.807, 2.05) is 18.2 Å². The second kappa shape index (κ2) is 4.88. The van der Waals surface area contributed by atoms with E-state index in [4.69, 9.17) is 14.9 Å². The van der Waals surface area contributed by atoms with E-state index in [1.54, 1.807) is 0 Å². The molecule has 2 atom stereocenters. The number of benzene rings is 1. The quantitative estimate of drug-likeness (QED) is 0.931. The zero-order valence-electron chi connectivity index (χ0n) is 11.5. The van der Waals surface area contributed by atoms with E-state index in [-0.39, 0.29) is 0 Å². The van der Waals surface area contributed by atoms with Gasteiger partial charge in [0.15, 0.2) is 0 Å². The third-order valence-corrected chi connectivity index (χ3v) is 4.47. The predicted molar refractivity (Wildman–Crippen MR) is 77.3 cm³/mol. The minimum Gasteiger partial charge on any atom is -0.459 e. The Balaban J connectivity index is 1.62. The van der Waals surface area contributed by atoms with E-state index in [0.29, 0.717) is 18.8 Å². The highest BCUT2D eigenvalue weighted by Gasteiger charge is 2.34. The molecule has 4 rings (SSSR count). The first-order chi connectivity index (χ1) is 9.83. The number of fused-ring (bicyclic) bond motifs is 3. The molecule has 2 aromatic rings. The first kappa shape index (κ1) is 12.4. The van der Waals surface area contributed by atoms with Crippen LogP contribution in [0.4, 0.5) is 0 Å². The summed E-state index contributed by atoms with van der Waals surface area (Å²) >= 11 is 0. The van der Waals surface area contributed by atoms with Crippen molar-refractivity contribution in [3.63, 3.8) is 0 Å². The number of rotatable bonds is 3. The molecule has 2 fully saturated rings. The van der Waals surface area contributed by atoms with Crippen LogP contribution in [-0.4, -0.2) is 30.2 Å². The van der Waals surface area contributed by atoms with Crippen molar-refractivity contribution in [2.45, 2.75) is 38.1 Å². The van der Waals surface area contributed by atoms with Gasteiger partial charge in [0.1, 0.15) is 11.3 Å². The van der Waals surface area contributed by atoms with Crippen molar-refractivity contribution < 1.29 is 9.15 Å². The molecule has 0 aliphatic carbocycles. The first-order valence-corrected chi connectivity index (χ1v) is 7.40. The summed E-state index contributed by atoms with van der Waals surface area (Å²) in [6.45, 7) is 3.40. The number of nitrogens with zero attached hydrogens (tertiary/aromatic N) is 1. The zero-order chi connectivity index (χ0) is 13.5. The molecule has 2 aliphatic heterocycles. The van der Waals surface area contributed by atoms with Gasteiger partial charge in [0, 0.05) is 30.6 Å². The first-order valence-electron chi connectivity index (χ1n) is 7.40. The molecule has 0 spiro atoms. The van der Waals surface area contributed by atoms with Crippen LogP contribution in [0.2, 0.25) is 0 Å². The molecule has 4 heteroatoms. The van der Waals surface area contributed by atoms with Crippen LogP contribution in [0.25, 0.3) is 11.0 Å². The lowest BCUT2D eigenvalue weighted by atomic mass is 10.1. The Hall–Kier alpha value is -1.36. The Morgan fingerprint density at radius 3 is 2.65 bits per heavy atom. The second-order valence-electron chi connectivity index (χ2n) is 5.86. The van der Waals surface area contributed by atoms with Crippen molar-refractivity contribution in [1.82, 2.24) is 4.90 Å². The standard InChI is InChI=1S/C16H20N2O2/c17-7-14-13-3-1-2-4-15(13)20-16(14)10-18-8-11-5-6-12(9-18)19-11/h1-4,11-12H,5-10,17H2. The van der Waals surface area contributed by atoms with Gasteiger partial charge in [-0.2, -0.15) is 0 Å². The molecular formula is C16H20N2O2.